The van der Waals surface area contributed by atoms with Crippen molar-refractivity contribution in [2.75, 3.05) is 13.2 Å². The van der Waals surface area contributed by atoms with Crippen molar-refractivity contribution < 1.29 is 28.9 Å². The number of esters is 1. The summed E-state index contributed by atoms with van der Waals surface area (Å²) in [4.78, 5) is 34.2. The van der Waals surface area contributed by atoms with Gasteiger partial charge in [0.25, 0.3) is 5.91 Å². The number of fused-ring (bicyclic) bond motifs is 1. The van der Waals surface area contributed by atoms with Gasteiger partial charge in [-0.25, -0.2) is 9.79 Å². The fourth-order valence-corrected chi connectivity index (χ4v) is 3.45. The van der Waals surface area contributed by atoms with Crippen LogP contribution >= 0.6 is 0 Å². The average Bonchev–Trinajstić information content (AvgIpc) is 3.31. The molecule has 11 nitrogen and oxygen atoms in total. The third kappa shape index (κ3) is 4.00. The molecule has 4 rings (SSSR count). The van der Waals surface area contributed by atoms with Crippen LogP contribution in [0.15, 0.2) is 40.3 Å². The second-order valence-electron chi connectivity index (χ2n) is 6.75. The molecule has 5 unspecified atom stereocenters. The molecule has 29 heavy (non-hydrogen) atoms. The summed E-state index contributed by atoms with van der Waals surface area (Å²) >= 11 is 0. The number of aliphatic imine (C=N–C) groups is 2. The number of ether oxygens (including phenoxy) is 3. The van der Waals surface area contributed by atoms with Crippen molar-refractivity contribution in [2.24, 2.45) is 15.7 Å². The minimum atomic E-state index is -0.723. The first-order valence-corrected chi connectivity index (χ1v) is 9.13. The second kappa shape index (κ2) is 8.05. The number of nitrogens with zero attached hydrogens (tertiary/aromatic N) is 3. The Labute approximate surface area is 166 Å². The van der Waals surface area contributed by atoms with E-state index in [1.807, 2.05) is 6.07 Å². The molecule has 3 aliphatic heterocycles. The average molecular weight is 403 g/mol. The maximum absolute atomic E-state index is 12.2. The van der Waals surface area contributed by atoms with Crippen LogP contribution in [0.3, 0.4) is 0 Å². The predicted molar refractivity (Wildman–Crippen MR) is 99.9 cm³/mol. The summed E-state index contributed by atoms with van der Waals surface area (Å²) in [5.74, 6) is -0.369. The number of nitrogens with two attached hydrogens (primary N) is 1. The molecule has 5 atom stereocenters. The van der Waals surface area contributed by atoms with Crippen LogP contribution in [-0.2, 0) is 19.1 Å². The summed E-state index contributed by atoms with van der Waals surface area (Å²) in [7, 11) is 0. The summed E-state index contributed by atoms with van der Waals surface area (Å²) < 4.78 is 16.6. The van der Waals surface area contributed by atoms with Gasteiger partial charge in [0.1, 0.15) is 24.2 Å². The Hall–Kier alpha value is -3.18. The van der Waals surface area contributed by atoms with Crippen molar-refractivity contribution in [1.82, 2.24) is 10.2 Å². The summed E-state index contributed by atoms with van der Waals surface area (Å²) in [5.41, 5.74) is 5.64. The predicted octanol–water partition coefficient (Wildman–Crippen LogP) is -1.43. The molecule has 3 aliphatic rings. The second-order valence-corrected chi connectivity index (χ2v) is 6.75. The lowest BCUT2D eigenvalue weighted by molar-refractivity contribution is -0.155. The number of guanidine groups is 1. The van der Waals surface area contributed by atoms with Crippen LogP contribution in [-0.4, -0.2) is 78.0 Å². The van der Waals surface area contributed by atoms with Crippen molar-refractivity contribution in [3.8, 4) is 5.75 Å². The fourth-order valence-electron chi connectivity index (χ4n) is 3.45. The van der Waals surface area contributed by atoms with Gasteiger partial charge in [-0.2, -0.15) is 0 Å². The van der Waals surface area contributed by atoms with Crippen LogP contribution in [0.2, 0.25) is 0 Å². The van der Waals surface area contributed by atoms with Crippen molar-refractivity contribution >= 4 is 24.2 Å². The highest BCUT2D eigenvalue weighted by Crippen LogP contribution is 2.30. The number of hydrogen-bond donors (Lipinski definition) is 3. The number of benzene rings is 1. The zero-order valence-electron chi connectivity index (χ0n) is 15.4. The Morgan fingerprint density at radius 2 is 2.17 bits per heavy atom. The van der Waals surface area contributed by atoms with Crippen LogP contribution in [0, 0.1) is 0 Å². The smallest absolute Gasteiger partial charge is 0.344 e. The van der Waals surface area contributed by atoms with Gasteiger partial charge >= 0.3 is 5.97 Å². The maximum atomic E-state index is 12.2. The van der Waals surface area contributed by atoms with Crippen LogP contribution < -0.4 is 15.8 Å². The quantitative estimate of drug-likeness (QED) is 0.490. The molecule has 1 fully saturated rings. The molecule has 1 aromatic rings. The molecule has 154 valence electrons. The number of aliphatic hydroxyl groups is 1. The standard InChI is InChI=1S/C18H21N5O6/c19-18-21-16-15(17(26)22-18)20-9-23(16)13-6-11(12(7-24)28-13)29-14(25)8-27-10-4-2-1-3-5-10/h1-5,9,11-13,15-16,24H,6-8H2,(H3,19,21,22,26). The van der Waals surface area contributed by atoms with E-state index >= 15 is 0 Å². The first-order valence-electron chi connectivity index (χ1n) is 9.13. The summed E-state index contributed by atoms with van der Waals surface area (Å²) in [6.45, 7) is -0.598. The minimum Gasteiger partial charge on any atom is -0.482 e. The molecule has 1 amide bonds. The zero-order valence-corrected chi connectivity index (χ0v) is 15.4. The minimum absolute atomic E-state index is 0.00416. The number of carbonyl (C=O) groups is 2. The molecule has 4 N–H and O–H groups in total. The van der Waals surface area contributed by atoms with Crippen molar-refractivity contribution in [2.45, 2.75) is 37.1 Å². The van der Waals surface area contributed by atoms with Gasteiger partial charge in [0.15, 0.2) is 24.8 Å². The normalized spacial score (nSPS) is 30.5. The van der Waals surface area contributed by atoms with E-state index in [2.05, 4.69) is 15.3 Å². The number of aliphatic hydroxyl groups excluding tert-OH is 1. The zero-order chi connectivity index (χ0) is 20.4. The highest BCUT2D eigenvalue weighted by Gasteiger charge is 2.47. The molecule has 0 saturated carbocycles. The molecule has 0 aromatic heterocycles. The number of rotatable bonds is 6. The Balaban J connectivity index is 1.36. The van der Waals surface area contributed by atoms with Gasteiger partial charge in [-0.1, -0.05) is 18.2 Å². The van der Waals surface area contributed by atoms with Gasteiger partial charge in [-0.3, -0.25) is 15.1 Å². The van der Waals surface area contributed by atoms with E-state index in [1.54, 1.807) is 29.2 Å². The Kier molecular flexibility index (Phi) is 5.32. The fraction of sp³-hybridized carbons (Fsp3) is 0.444. The van der Waals surface area contributed by atoms with E-state index in [0.717, 1.165) is 0 Å². The van der Waals surface area contributed by atoms with Crippen LogP contribution in [0.1, 0.15) is 6.42 Å². The molecular formula is C18H21N5O6. The van der Waals surface area contributed by atoms with Gasteiger partial charge in [0.05, 0.1) is 12.9 Å². The lowest BCUT2D eigenvalue weighted by Crippen LogP contribution is -2.55. The van der Waals surface area contributed by atoms with E-state index in [0.29, 0.717) is 5.75 Å². The van der Waals surface area contributed by atoms with Crippen LogP contribution in [0.5, 0.6) is 5.75 Å². The highest BCUT2D eigenvalue weighted by atomic mass is 16.6. The van der Waals surface area contributed by atoms with E-state index < -0.39 is 36.6 Å². The van der Waals surface area contributed by atoms with Gasteiger partial charge in [0.2, 0.25) is 0 Å². The third-order valence-corrected chi connectivity index (χ3v) is 4.82. The number of amides is 1. The molecule has 0 aliphatic carbocycles. The number of nitrogens with one attached hydrogen (secondary N) is 1. The Morgan fingerprint density at radius 3 is 2.93 bits per heavy atom. The van der Waals surface area contributed by atoms with Crippen molar-refractivity contribution in [1.29, 1.82) is 0 Å². The Bertz CT molecular complexity index is 831. The molecule has 0 radical (unpaired) electrons. The SMILES string of the molecule is NC1=NC2C(N=CN2C2CC(OC(=O)COc3ccccc3)C(CO)O2)C(=O)N1. The lowest BCUT2D eigenvalue weighted by Gasteiger charge is -2.31. The summed E-state index contributed by atoms with van der Waals surface area (Å²) in [6.07, 6.45) is -0.868. The molecule has 1 aromatic carbocycles. The van der Waals surface area contributed by atoms with Gasteiger partial charge < -0.3 is 30.0 Å². The summed E-state index contributed by atoms with van der Waals surface area (Å²) in [6, 6.07) is 8.17. The van der Waals surface area contributed by atoms with E-state index in [4.69, 9.17) is 19.9 Å². The maximum Gasteiger partial charge on any atom is 0.344 e. The van der Waals surface area contributed by atoms with Crippen LogP contribution in [0.4, 0.5) is 0 Å². The largest absolute Gasteiger partial charge is 0.482 e. The summed E-state index contributed by atoms with van der Waals surface area (Å²) in [5, 5.41) is 12.1. The van der Waals surface area contributed by atoms with Gasteiger partial charge in [-0.15, -0.1) is 0 Å². The molecule has 11 heteroatoms. The van der Waals surface area contributed by atoms with Crippen LogP contribution in [0.25, 0.3) is 0 Å². The van der Waals surface area contributed by atoms with Crippen molar-refractivity contribution in [3.63, 3.8) is 0 Å². The van der Waals surface area contributed by atoms with E-state index in [1.165, 1.54) is 6.34 Å². The number of carbonyl (C=O) groups excluding carboxylic acids is 2. The molecular weight excluding hydrogens is 382 g/mol. The first-order chi connectivity index (χ1) is 14.0. The lowest BCUT2D eigenvalue weighted by atomic mass is 10.1. The van der Waals surface area contributed by atoms with Gasteiger partial charge in [0, 0.05) is 6.42 Å². The Morgan fingerprint density at radius 1 is 1.38 bits per heavy atom. The topological polar surface area (TPSA) is 148 Å². The van der Waals surface area contributed by atoms with E-state index in [9.17, 15) is 14.7 Å². The van der Waals surface area contributed by atoms with Gasteiger partial charge in [-0.05, 0) is 12.1 Å². The molecule has 0 bridgehead atoms. The molecule has 1 saturated heterocycles. The first kappa shape index (κ1) is 19.2. The molecule has 0 spiro atoms. The van der Waals surface area contributed by atoms with E-state index in [-0.39, 0.29) is 31.5 Å². The third-order valence-electron chi connectivity index (χ3n) is 4.82. The molecule has 3 heterocycles. The number of para-hydroxylation sites is 1. The number of hydrogen-bond acceptors (Lipinski definition) is 10. The van der Waals surface area contributed by atoms with Crippen molar-refractivity contribution in [3.05, 3.63) is 30.3 Å². The highest BCUT2D eigenvalue weighted by molar-refractivity contribution is 6.02. The monoisotopic (exact) mass is 403 g/mol.